The van der Waals surface area contributed by atoms with E-state index in [-0.39, 0.29) is 17.1 Å². The van der Waals surface area contributed by atoms with Gasteiger partial charge in [-0.2, -0.15) is 0 Å². The summed E-state index contributed by atoms with van der Waals surface area (Å²) in [5.74, 6) is -0.785. The maximum atomic E-state index is 13.4. The molecule has 11 nitrogen and oxygen atoms in total. The van der Waals surface area contributed by atoms with Crippen LogP contribution in [0.2, 0.25) is 0 Å². The van der Waals surface area contributed by atoms with Crippen LogP contribution in [-0.4, -0.2) is 32.3 Å². The van der Waals surface area contributed by atoms with Crippen molar-refractivity contribution in [1.29, 1.82) is 0 Å². The van der Waals surface area contributed by atoms with Crippen LogP contribution in [0.5, 0.6) is 11.6 Å². The highest BCUT2D eigenvalue weighted by Crippen LogP contribution is 2.29. The van der Waals surface area contributed by atoms with E-state index in [1.54, 1.807) is 30.3 Å². The number of barbiturate groups is 1. The first-order valence-corrected chi connectivity index (χ1v) is 13.1. The van der Waals surface area contributed by atoms with Crippen molar-refractivity contribution >= 4 is 51.2 Å². The predicted octanol–water partition coefficient (Wildman–Crippen LogP) is 5.93. The molecule has 1 aliphatic rings. The van der Waals surface area contributed by atoms with Crippen LogP contribution in [0.4, 0.5) is 16.2 Å². The number of nitrogens with zero attached hydrogens (tertiary/aromatic N) is 4. The zero-order chi connectivity index (χ0) is 29.4. The summed E-state index contributed by atoms with van der Waals surface area (Å²) in [4.78, 5) is 53.9. The lowest BCUT2D eigenvalue weighted by Crippen LogP contribution is -2.54. The van der Waals surface area contributed by atoms with Crippen molar-refractivity contribution in [1.82, 2.24) is 14.9 Å². The smallest absolute Gasteiger partial charge is 0.335 e. The number of carbonyl (C=O) groups excluding carboxylic acids is 3. The van der Waals surface area contributed by atoms with Crippen LogP contribution in [0.25, 0.3) is 11.8 Å². The number of aryl methyl sites for hydroxylation is 2. The Hall–Kier alpha value is -5.10. The van der Waals surface area contributed by atoms with Gasteiger partial charge in [-0.3, -0.25) is 25.0 Å². The molecular formula is C29H22BrN5O6. The molecule has 0 unspecified atom stereocenters. The van der Waals surface area contributed by atoms with Crippen LogP contribution >= 0.6 is 15.9 Å². The Morgan fingerprint density at radius 3 is 2.32 bits per heavy atom. The fraction of sp³-hybridized carbons (Fsp3) is 0.103. The largest absolute Gasteiger partial charge is 0.439 e. The molecule has 0 bridgehead atoms. The van der Waals surface area contributed by atoms with E-state index >= 15 is 0 Å². The van der Waals surface area contributed by atoms with E-state index in [0.717, 1.165) is 38.2 Å². The number of urea groups is 1. The molecule has 0 radical (unpaired) electrons. The van der Waals surface area contributed by atoms with Crippen LogP contribution in [-0.2, 0) is 9.59 Å². The molecular weight excluding hydrogens is 594 g/mol. The highest BCUT2D eigenvalue weighted by molar-refractivity contribution is 9.10. The SMILES string of the molecule is Cc1cc(N2C(=O)NC(=O)/C(=C\c3cc(C)n(-c4ccc(Oc5ccc([N+](=O)[O-])cn5)cc4)c3C)C2=O)ccc1Br. The summed E-state index contributed by atoms with van der Waals surface area (Å²) in [7, 11) is 0. The second kappa shape index (κ2) is 10.8. The van der Waals surface area contributed by atoms with Crippen LogP contribution in [0.15, 0.2) is 76.9 Å². The lowest BCUT2D eigenvalue weighted by molar-refractivity contribution is -0.385. The molecule has 206 valence electrons. The third-order valence-electron chi connectivity index (χ3n) is 6.52. The van der Waals surface area contributed by atoms with Gasteiger partial charge >= 0.3 is 6.03 Å². The van der Waals surface area contributed by atoms with Crippen molar-refractivity contribution in [3.63, 3.8) is 0 Å². The third-order valence-corrected chi connectivity index (χ3v) is 7.41. The minimum absolute atomic E-state index is 0.132. The molecule has 41 heavy (non-hydrogen) atoms. The van der Waals surface area contributed by atoms with E-state index < -0.39 is 22.8 Å². The number of nitro groups is 1. The molecule has 4 amide bonds. The molecule has 2 aromatic carbocycles. The highest BCUT2D eigenvalue weighted by Gasteiger charge is 2.37. The number of rotatable bonds is 6. The number of aromatic nitrogens is 2. The number of hydrogen-bond acceptors (Lipinski definition) is 7. The summed E-state index contributed by atoms with van der Waals surface area (Å²) in [5, 5.41) is 13.1. The molecule has 2 aromatic heterocycles. The second-order valence-electron chi connectivity index (χ2n) is 9.26. The summed E-state index contributed by atoms with van der Waals surface area (Å²) in [6.45, 7) is 5.59. The number of imide groups is 2. The number of benzene rings is 2. The van der Waals surface area contributed by atoms with Crippen LogP contribution in [0.3, 0.4) is 0 Å². The maximum Gasteiger partial charge on any atom is 0.335 e. The second-order valence-corrected chi connectivity index (χ2v) is 10.1. The minimum atomic E-state index is -0.810. The van der Waals surface area contributed by atoms with Gasteiger partial charge in [0.05, 0.1) is 10.6 Å². The molecule has 12 heteroatoms. The van der Waals surface area contributed by atoms with Crippen molar-refractivity contribution in [2.24, 2.45) is 0 Å². The molecule has 1 saturated heterocycles. The first-order chi connectivity index (χ1) is 19.5. The molecule has 0 saturated carbocycles. The summed E-state index contributed by atoms with van der Waals surface area (Å²) >= 11 is 3.41. The van der Waals surface area contributed by atoms with Gasteiger partial charge in [0.2, 0.25) is 5.88 Å². The van der Waals surface area contributed by atoms with Gasteiger partial charge in [-0.25, -0.2) is 14.7 Å². The molecule has 1 N–H and O–H groups in total. The topological polar surface area (TPSA) is 137 Å². The maximum absolute atomic E-state index is 13.4. The van der Waals surface area contributed by atoms with Crippen molar-refractivity contribution in [2.75, 3.05) is 4.90 Å². The number of nitrogens with one attached hydrogen (secondary N) is 1. The highest BCUT2D eigenvalue weighted by atomic mass is 79.9. The standard InChI is InChI=1S/C29H22BrN5O6/c1-16-12-21(6-10-25(16)30)34-28(37)24(27(36)32-29(34)38)14-19-13-17(2)33(18(19)3)20-4-8-23(9-5-20)41-26-11-7-22(15-31-26)35(39)40/h4-15H,1-3H3,(H,32,36,38)/b24-14+. The number of amides is 4. The number of carbonyl (C=O) groups is 3. The minimum Gasteiger partial charge on any atom is -0.439 e. The van der Waals surface area contributed by atoms with Gasteiger partial charge < -0.3 is 9.30 Å². The lowest BCUT2D eigenvalue weighted by atomic mass is 10.1. The molecule has 0 aliphatic carbocycles. The summed E-state index contributed by atoms with van der Waals surface area (Å²) in [6.07, 6.45) is 2.61. The number of anilines is 1. The van der Waals surface area contributed by atoms with E-state index in [1.807, 2.05) is 43.5 Å². The Labute approximate surface area is 242 Å². The number of ether oxygens (including phenoxy) is 1. The third kappa shape index (κ3) is 5.37. The average molecular weight is 616 g/mol. The summed E-state index contributed by atoms with van der Waals surface area (Å²) < 4.78 is 8.47. The summed E-state index contributed by atoms with van der Waals surface area (Å²) in [5.41, 5.74) is 3.94. The van der Waals surface area contributed by atoms with Crippen molar-refractivity contribution < 1.29 is 24.0 Å². The van der Waals surface area contributed by atoms with E-state index in [9.17, 15) is 24.5 Å². The molecule has 0 atom stereocenters. The van der Waals surface area contributed by atoms with Crippen LogP contribution < -0.4 is 15.0 Å². The fourth-order valence-corrected chi connectivity index (χ4v) is 4.72. The van der Waals surface area contributed by atoms with Gasteiger partial charge in [0.1, 0.15) is 17.5 Å². The zero-order valence-electron chi connectivity index (χ0n) is 22.0. The van der Waals surface area contributed by atoms with Gasteiger partial charge in [0, 0.05) is 33.7 Å². The molecule has 1 aliphatic heterocycles. The van der Waals surface area contributed by atoms with E-state index in [4.69, 9.17) is 4.74 Å². The predicted molar refractivity (Wildman–Crippen MR) is 154 cm³/mol. The van der Waals surface area contributed by atoms with Crippen molar-refractivity contribution in [3.05, 3.63) is 110 Å². The lowest BCUT2D eigenvalue weighted by Gasteiger charge is -2.26. The van der Waals surface area contributed by atoms with Crippen LogP contribution in [0, 0.1) is 30.9 Å². The molecule has 5 rings (SSSR count). The van der Waals surface area contributed by atoms with Gasteiger partial charge in [-0.15, -0.1) is 0 Å². The zero-order valence-corrected chi connectivity index (χ0v) is 23.6. The number of hydrogen-bond donors (Lipinski definition) is 1. The molecule has 4 aromatic rings. The molecule has 3 heterocycles. The summed E-state index contributed by atoms with van der Waals surface area (Å²) in [6, 6.07) is 15.9. The monoisotopic (exact) mass is 615 g/mol. The Bertz CT molecular complexity index is 1760. The van der Waals surface area contributed by atoms with E-state index in [0.29, 0.717) is 17.0 Å². The van der Waals surface area contributed by atoms with E-state index in [2.05, 4.69) is 26.2 Å². The van der Waals surface area contributed by atoms with Crippen molar-refractivity contribution in [3.8, 4) is 17.3 Å². The fourth-order valence-electron chi connectivity index (χ4n) is 4.47. The van der Waals surface area contributed by atoms with E-state index in [1.165, 1.54) is 18.2 Å². The Balaban J connectivity index is 1.41. The quantitative estimate of drug-likeness (QED) is 0.123. The number of halogens is 1. The van der Waals surface area contributed by atoms with Crippen LogP contribution in [0.1, 0.15) is 22.5 Å². The van der Waals surface area contributed by atoms with Gasteiger partial charge in [-0.1, -0.05) is 15.9 Å². The van der Waals surface area contributed by atoms with Gasteiger partial charge in [-0.05, 0) is 86.5 Å². The Morgan fingerprint density at radius 2 is 1.68 bits per heavy atom. The van der Waals surface area contributed by atoms with Gasteiger partial charge in [0.25, 0.3) is 17.5 Å². The van der Waals surface area contributed by atoms with Crippen molar-refractivity contribution in [2.45, 2.75) is 20.8 Å². The Kier molecular flexibility index (Phi) is 7.24. The molecule has 0 spiro atoms. The average Bonchev–Trinajstić information content (AvgIpc) is 3.21. The first kappa shape index (κ1) is 27.5. The number of pyridine rings is 1. The van der Waals surface area contributed by atoms with Gasteiger partial charge in [0.15, 0.2) is 0 Å². The molecule has 1 fully saturated rings. The first-order valence-electron chi connectivity index (χ1n) is 12.3. The normalized spacial score (nSPS) is 14.4. The Morgan fingerprint density at radius 1 is 0.976 bits per heavy atom.